The zero-order chi connectivity index (χ0) is 34.9. The number of amides is 3. The van der Waals surface area contributed by atoms with Crippen LogP contribution in [0.15, 0.2) is 83.7 Å². The molecule has 2 fully saturated rings. The maximum absolute atomic E-state index is 13.0. The predicted molar refractivity (Wildman–Crippen MR) is 196 cm³/mol. The van der Waals surface area contributed by atoms with E-state index in [2.05, 4.69) is 25.8 Å². The number of fused-ring (bicyclic) bond motifs is 1. The van der Waals surface area contributed by atoms with Crippen molar-refractivity contribution in [2.75, 3.05) is 51.1 Å². The fraction of sp³-hybridized carbons (Fsp3) is 0.410. The number of aliphatic hydroxyl groups is 1. The Kier molecular flexibility index (Phi) is 11.8. The van der Waals surface area contributed by atoms with Crippen LogP contribution in [0.4, 0.5) is 10.5 Å². The number of rotatable bonds is 12. The van der Waals surface area contributed by atoms with Crippen LogP contribution in [0.5, 0.6) is 5.75 Å². The number of para-hydroxylation sites is 1. The first-order valence-corrected chi connectivity index (χ1v) is 17.8. The number of carbonyl (C=O) groups excluding carboxylic acids is 2. The smallest absolute Gasteiger partial charge is 0.319 e. The molecule has 3 amide bonds. The molecule has 50 heavy (non-hydrogen) atoms. The van der Waals surface area contributed by atoms with Gasteiger partial charge in [0.2, 0.25) is 11.5 Å². The molecule has 6 rings (SSSR count). The largest absolute Gasteiger partial charge is 0.506 e. The molecule has 0 spiro atoms. The SMILES string of the molecule is O=C(Nc1ccccc1-c1ccccc1)NC1CCN(CCC(=O)N2CCC(CCNC[C@H](O)c3ccc(O)c4[nH]c(=O)ccc34)CC2)CC1. The van der Waals surface area contributed by atoms with E-state index in [1.54, 1.807) is 12.1 Å². The van der Waals surface area contributed by atoms with Gasteiger partial charge in [-0.15, -0.1) is 0 Å². The van der Waals surface area contributed by atoms with Crippen molar-refractivity contribution in [2.24, 2.45) is 5.92 Å². The Bertz CT molecular complexity index is 1800. The fourth-order valence-electron chi connectivity index (χ4n) is 7.19. The van der Waals surface area contributed by atoms with Gasteiger partial charge < -0.3 is 40.9 Å². The number of nitrogens with zero attached hydrogens (tertiary/aromatic N) is 2. The number of benzene rings is 3. The summed E-state index contributed by atoms with van der Waals surface area (Å²) >= 11 is 0. The van der Waals surface area contributed by atoms with Crippen molar-refractivity contribution in [1.29, 1.82) is 0 Å². The van der Waals surface area contributed by atoms with E-state index >= 15 is 0 Å². The number of aliphatic hydroxyl groups excluding tert-OH is 1. The maximum atomic E-state index is 13.0. The number of likely N-dealkylation sites (tertiary alicyclic amines) is 2. The molecule has 1 atom stereocenters. The Morgan fingerprint density at radius 3 is 2.40 bits per heavy atom. The molecule has 2 aliphatic rings. The summed E-state index contributed by atoms with van der Waals surface area (Å²) in [5.41, 5.74) is 3.50. The Labute approximate surface area is 292 Å². The number of urea groups is 1. The first-order chi connectivity index (χ1) is 24.3. The molecule has 11 nitrogen and oxygen atoms in total. The van der Waals surface area contributed by atoms with Crippen LogP contribution >= 0.6 is 0 Å². The summed E-state index contributed by atoms with van der Waals surface area (Å²) in [5, 5.41) is 31.0. The molecule has 1 aromatic heterocycles. The number of H-pyrrole nitrogens is 1. The Morgan fingerprint density at radius 1 is 0.880 bits per heavy atom. The molecule has 4 aromatic rings. The van der Waals surface area contributed by atoms with Crippen LogP contribution in [0.1, 0.15) is 50.2 Å². The fourth-order valence-corrected chi connectivity index (χ4v) is 7.19. The summed E-state index contributed by atoms with van der Waals surface area (Å²) in [6.45, 7) is 5.11. The molecule has 0 bridgehead atoms. The van der Waals surface area contributed by atoms with E-state index in [0.29, 0.717) is 35.3 Å². The summed E-state index contributed by atoms with van der Waals surface area (Å²) < 4.78 is 0. The van der Waals surface area contributed by atoms with E-state index in [4.69, 9.17) is 0 Å². The number of phenolic OH excluding ortho intramolecular Hbond substituents is 1. The summed E-state index contributed by atoms with van der Waals surface area (Å²) in [6, 6.07) is 23.9. The second-order valence-corrected chi connectivity index (χ2v) is 13.5. The quantitative estimate of drug-likeness (QED) is 0.117. The molecule has 11 heteroatoms. The van der Waals surface area contributed by atoms with E-state index in [1.165, 1.54) is 12.1 Å². The first kappa shape index (κ1) is 35.1. The number of hydrogen-bond donors (Lipinski definition) is 6. The average molecular weight is 681 g/mol. The molecule has 0 unspecified atom stereocenters. The normalized spacial score (nSPS) is 16.7. The van der Waals surface area contributed by atoms with E-state index in [1.807, 2.05) is 59.5 Å². The minimum atomic E-state index is -0.779. The number of piperidine rings is 2. The minimum absolute atomic E-state index is 0.0238. The van der Waals surface area contributed by atoms with Crippen molar-refractivity contribution >= 4 is 28.5 Å². The monoisotopic (exact) mass is 680 g/mol. The van der Waals surface area contributed by atoms with Gasteiger partial charge in [-0.1, -0.05) is 54.6 Å². The number of nitrogens with one attached hydrogen (secondary N) is 4. The van der Waals surface area contributed by atoms with E-state index in [-0.39, 0.29) is 29.3 Å². The number of aromatic amines is 1. The lowest BCUT2D eigenvalue weighted by molar-refractivity contribution is -0.133. The van der Waals surface area contributed by atoms with Crippen molar-refractivity contribution < 1.29 is 19.8 Å². The van der Waals surface area contributed by atoms with Crippen molar-refractivity contribution in [2.45, 2.75) is 50.7 Å². The molecule has 3 heterocycles. The number of pyridine rings is 1. The minimum Gasteiger partial charge on any atom is -0.506 e. The Hall–Kier alpha value is -4.71. The van der Waals surface area contributed by atoms with Crippen LogP contribution in [0.3, 0.4) is 0 Å². The Morgan fingerprint density at radius 2 is 1.62 bits per heavy atom. The molecule has 0 aliphatic carbocycles. The number of carbonyl (C=O) groups is 2. The zero-order valence-corrected chi connectivity index (χ0v) is 28.4. The zero-order valence-electron chi connectivity index (χ0n) is 28.4. The molecular formula is C39H48N6O5. The van der Waals surface area contributed by atoms with Crippen LogP contribution in [0, 0.1) is 5.92 Å². The lowest BCUT2D eigenvalue weighted by atomic mass is 9.93. The number of aromatic nitrogens is 1. The average Bonchev–Trinajstić information content (AvgIpc) is 3.14. The molecule has 3 aromatic carbocycles. The van der Waals surface area contributed by atoms with Gasteiger partial charge in [-0.3, -0.25) is 9.59 Å². The van der Waals surface area contributed by atoms with Gasteiger partial charge in [0.15, 0.2) is 0 Å². The van der Waals surface area contributed by atoms with Gasteiger partial charge in [-0.05, 0) is 73.9 Å². The third-order valence-electron chi connectivity index (χ3n) is 10.1. The van der Waals surface area contributed by atoms with Crippen LogP contribution < -0.4 is 21.5 Å². The van der Waals surface area contributed by atoms with Crippen LogP contribution in [0.2, 0.25) is 0 Å². The predicted octanol–water partition coefficient (Wildman–Crippen LogP) is 4.83. The third-order valence-corrected chi connectivity index (χ3v) is 10.1. The molecule has 0 saturated carbocycles. The number of phenols is 1. The summed E-state index contributed by atoms with van der Waals surface area (Å²) in [7, 11) is 0. The van der Waals surface area contributed by atoms with Crippen molar-refractivity contribution in [3.05, 3.63) is 94.8 Å². The number of aromatic hydroxyl groups is 1. The highest BCUT2D eigenvalue weighted by atomic mass is 16.3. The van der Waals surface area contributed by atoms with Crippen LogP contribution in [-0.2, 0) is 4.79 Å². The lowest BCUT2D eigenvalue weighted by Gasteiger charge is -2.34. The molecule has 2 saturated heterocycles. The summed E-state index contributed by atoms with van der Waals surface area (Å²) in [5.74, 6) is 0.715. The van der Waals surface area contributed by atoms with Gasteiger partial charge in [0.05, 0.1) is 17.3 Å². The molecule has 2 aliphatic heterocycles. The molecule has 6 N–H and O–H groups in total. The van der Waals surface area contributed by atoms with Gasteiger partial charge in [0, 0.05) is 68.7 Å². The molecule has 264 valence electrons. The number of anilines is 1. The molecule has 0 radical (unpaired) electrons. The van der Waals surface area contributed by atoms with Crippen LogP contribution in [0.25, 0.3) is 22.0 Å². The van der Waals surface area contributed by atoms with Gasteiger partial charge >= 0.3 is 6.03 Å². The van der Waals surface area contributed by atoms with Gasteiger partial charge in [0.25, 0.3) is 0 Å². The van der Waals surface area contributed by atoms with E-state index in [9.17, 15) is 24.6 Å². The van der Waals surface area contributed by atoms with Crippen molar-refractivity contribution in [1.82, 2.24) is 25.4 Å². The summed E-state index contributed by atoms with van der Waals surface area (Å²) in [4.78, 5) is 44.5. The number of hydrogen-bond acceptors (Lipinski definition) is 7. The topological polar surface area (TPSA) is 150 Å². The summed E-state index contributed by atoms with van der Waals surface area (Å²) in [6.07, 6.45) is 4.35. The van der Waals surface area contributed by atoms with E-state index < -0.39 is 6.10 Å². The maximum Gasteiger partial charge on any atom is 0.319 e. The Balaban J connectivity index is 0.846. The van der Waals surface area contributed by atoms with Gasteiger partial charge in [-0.25, -0.2) is 4.79 Å². The van der Waals surface area contributed by atoms with Crippen molar-refractivity contribution in [3.63, 3.8) is 0 Å². The second-order valence-electron chi connectivity index (χ2n) is 13.5. The lowest BCUT2D eigenvalue weighted by Crippen LogP contribution is -2.47. The third kappa shape index (κ3) is 9.09. The van der Waals surface area contributed by atoms with Crippen LogP contribution in [-0.4, -0.2) is 88.8 Å². The van der Waals surface area contributed by atoms with Crippen molar-refractivity contribution in [3.8, 4) is 16.9 Å². The second kappa shape index (κ2) is 16.8. The van der Waals surface area contributed by atoms with Gasteiger partial charge in [-0.2, -0.15) is 0 Å². The highest BCUT2D eigenvalue weighted by molar-refractivity contribution is 5.94. The molecular weight excluding hydrogens is 632 g/mol. The van der Waals surface area contributed by atoms with E-state index in [0.717, 1.165) is 88.2 Å². The standard InChI is InChI=1S/C39H48N6O5/c46-34-12-10-31(32-11-13-36(48)43-38(32)34)35(47)26-40-20-14-27-15-24-45(25-16-27)37(49)19-23-44-21-17-29(18-22-44)41-39(50)42-33-9-5-4-8-30(33)28-6-2-1-3-7-28/h1-13,27,29,35,40,46-47H,14-26H2,(H,43,48)(H2,41,42,50)/t35-/m0/s1. The van der Waals surface area contributed by atoms with Gasteiger partial charge in [0.1, 0.15) is 5.75 Å². The first-order valence-electron chi connectivity index (χ1n) is 17.8. The highest BCUT2D eigenvalue weighted by Gasteiger charge is 2.25. The highest BCUT2D eigenvalue weighted by Crippen LogP contribution is 2.29.